The van der Waals surface area contributed by atoms with Gasteiger partial charge in [0.05, 0.1) is 59.9 Å². The zero-order valence-corrected chi connectivity index (χ0v) is 28.9. The van der Waals surface area contributed by atoms with E-state index in [1.807, 2.05) is 66.7 Å². The molecule has 5 N–H and O–H groups in total. The highest BCUT2D eigenvalue weighted by molar-refractivity contribution is 6.18. The van der Waals surface area contributed by atoms with E-state index in [4.69, 9.17) is 0 Å². The Morgan fingerprint density at radius 2 is 1.04 bits per heavy atom. The molecule has 2 aliphatic heterocycles. The molecule has 2 aliphatic rings. The van der Waals surface area contributed by atoms with Gasteiger partial charge in [-0.1, -0.05) is 84.9 Å². The lowest BCUT2D eigenvalue weighted by atomic mass is 10.1. The van der Waals surface area contributed by atoms with Gasteiger partial charge in [-0.3, -0.25) is 24.3 Å². The highest BCUT2D eigenvalue weighted by Crippen LogP contribution is 2.29. The van der Waals surface area contributed by atoms with Crippen molar-refractivity contribution < 1.29 is 29.4 Å². The summed E-state index contributed by atoms with van der Waals surface area (Å²) in [4.78, 5) is 56.7. The smallest absolute Gasteiger partial charge is 0.250 e. The molecule has 0 saturated carbocycles. The summed E-state index contributed by atoms with van der Waals surface area (Å²) in [5.41, 5.74) is 5.26. The number of rotatable bonds is 10. The minimum Gasteiger partial charge on any atom is -0.392 e. The Bertz CT molecular complexity index is 1920. The van der Waals surface area contributed by atoms with Crippen LogP contribution in [0.2, 0.25) is 0 Å². The van der Waals surface area contributed by atoms with E-state index in [2.05, 4.69) is 20.8 Å². The number of aliphatic hydroxyl groups excluding tert-OH is 2. The van der Waals surface area contributed by atoms with Gasteiger partial charge in [0, 0.05) is 18.7 Å². The molecule has 2 saturated heterocycles. The van der Waals surface area contributed by atoms with E-state index in [1.165, 1.54) is 9.80 Å². The van der Waals surface area contributed by atoms with E-state index in [0.717, 1.165) is 22.3 Å². The molecule has 4 atom stereocenters. The molecule has 3 heterocycles. The number of H-pyrrole nitrogens is 1. The van der Waals surface area contributed by atoms with Crippen LogP contribution in [0.1, 0.15) is 24.0 Å². The van der Waals surface area contributed by atoms with Crippen LogP contribution >= 0.6 is 0 Å². The number of aromatic amines is 1. The maximum absolute atomic E-state index is 13.6. The van der Waals surface area contributed by atoms with Gasteiger partial charge in [-0.25, -0.2) is 9.80 Å². The molecule has 0 spiro atoms. The van der Waals surface area contributed by atoms with Crippen LogP contribution in [0.25, 0.3) is 22.5 Å². The molecule has 0 unspecified atom stereocenters. The first kappa shape index (κ1) is 35.6. The lowest BCUT2D eigenvalue weighted by Crippen LogP contribution is -2.47. The van der Waals surface area contributed by atoms with Gasteiger partial charge in [-0.15, -0.1) is 0 Å². The third kappa shape index (κ3) is 8.16. The minimum atomic E-state index is -0.677. The summed E-state index contributed by atoms with van der Waals surface area (Å²) in [6.45, 7) is 0.568. The Balaban J connectivity index is 1.09. The van der Waals surface area contributed by atoms with Crippen molar-refractivity contribution in [2.45, 2.75) is 50.0 Å². The summed E-state index contributed by atoms with van der Waals surface area (Å²) < 4.78 is 0. The first-order valence-corrected chi connectivity index (χ1v) is 17.6. The molecular formula is C41H40N6O6. The predicted octanol–water partition coefficient (Wildman–Crippen LogP) is 3.39. The summed E-state index contributed by atoms with van der Waals surface area (Å²) in [6, 6.07) is 33.0. The topological polar surface area (TPSA) is 168 Å². The second-order valence-electron chi connectivity index (χ2n) is 13.4. The number of nitrogens with one attached hydrogen (secondary N) is 3. The van der Waals surface area contributed by atoms with Crippen LogP contribution in [0.15, 0.2) is 115 Å². The summed E-state index contributed by atoms with van der Waals surface area (Å²) >= 11 is 0. The third-order valence-electron chi connectivity index (χ3n) is 9.58. The highest BCUT2D eigenvalue weighted by Gasteiger charge is 2.36. The van der Waals surface area contributed by atoms with Gasteiger partial charge in [-0.2, -0.15) is 5.10 Å². The fourth-order valence-electron chi connectivity index (χ4n) is 6.80. The lowest BCUT2D eigenvalue weighted by molar-refractivity contribution is -0.128. The van der Waals surface area contributed by atoms with Crippen LogP contribution in [-0.2, 0) is 32.0 Å². The summed E-state index contributed by atoms with van der Waals surface area (Å²) in [6.07, 6.45) is -0.780. The Morgan fingerprint density at radius 1 is 0.604 bits per heavy atom. The lowest BCUT2D eigenvalue weighted by Gasteiger charge is -2.24. The second kappa shape index (κ2) is 15.8. The number of imide groups is 2. The highest BCUT2D eigenvalue weighted by atomic mass is 16.3. The molecule has 0 aliphatic carbocycles. The Hall–Kier alpha value is -5.79. The third-order valence-corrected chi connectivity index (χ3v) is 9.58. The van der Waals surface area contributed by atoms with E-state index >= 15 is 0 Å². The van der Waals surface area contributed by atoms with Gasteiger partial charge in [0.2, 0.25) is 11.8 Å². The number of hydrogen-bond donors (Lipinski definition) is 5. The fraction of sp³-hybridized carbons (Fsp3) is 0.244. The Morgan fingerprint density at radius 3 is 1.45 bits per heavy atom. The average molecular weight is 713 g/mol. The van der Waals surface area contributed by atoms with Crippen LogP contribution in [0.3, 0.4) is 0 Å². The van der Waals surface area contributed by atoms with E-state index < -0.39 is 36.1 Å². The van der Waals surface area contributed by atoms with Crippen LogP contribution < -0.4 is 20.4 Å². The minimum absolute atomic E-state index is 0.0405. The molecule has 0 bridgehead atoms. The summed E-state index contributed by atoms with van der Waals surface area (Å²) in [5, 5.41) is 33.7. The number of carbonyl (C=O) groups excluding carboxylic acids is 4. The second-order valence-corrected chi connectivity index (χ2v) is 13.4. The molecule has 53 heavy (non-hydrogen) atoms. The van der Waals surface area contributed by atoms with Crippen LogP contribution in [0.5, 0.6) is 0 Å². The molecule has 7 rings (SSSR count). The molecule has 1 aromatic heterocycles. The van der Waals surface area contributed by atoms with Crippen molar-refractivity contribution >= 4 is 35.0 Å². The van der Waals surface area contributed by atoms with Crippen molar-refractivity contribution in [3.8, 4) is 22.5 Å². The maximum atomic E-state index is 13.6. The fourth-order valence-corrected chi connectivity index (χ4v) is 6.80. The van der Waals surface area contributed by atoms with E-state index in [9.17, 15) is 29.4 Å². The zero-order chi connectivity index (χ0) is 36.9. The van der Waals surface area contributed by atoms with Crippen molar-refractivity contribution in [3.63, 3.8) is 0 Å². The largest absolute Gasteiger partial charge is 0.392 e. The predicted molar refractivity (Wildman–Crippen MR) is 200 cm³/mol. The molecule has 270 valence electrons. The van der Waals surface area contributed by atoms with Gasteiger partial charge < -0.3 is 20.8 Å². The zero-order valence-electron chi connectivity index (χ0n) is 28.9. The van der Waals surface area contributed by atoms with Crippen molar-refractivity contribution in [1.82, 2.24) is 20.8 Å². The SMILES string of the molecule is O=C(Cc1ccccc1)N(C(=O)[C@@H]1C[C@@H](O)CN1)c1ccc(-c2cc(-c3ccc(N(C(=O)Cc4ccccc4)C(=O)[C@@H]4C[C@@H](O)CN4)cc3)[nH]n2)cc1. The first-order chi connectivity index (χ1) is 25.7. The number of amides is 4. The number of nitrogens with zero attached hydrogens (tertiary/aromatic N) is 3. The quantitative estimate of drug-likeness (QED) is 0.146. The van der Waals surface area contributed by atoms with Gasteiger partial charge in [0.15, 0.2) is 0 Å². The molecule has 12 heteroatoms. The number of anilines is 2. The van der Waals surface area contributed by atoms with Crippen LogP contribution in [-0.4, -0.2) is 81.4 Å². The first-order valence-electron chi connectivity index (χ1n) is 17.6. The molecular weight excluding hydrogens is 672 g/mol. The van der Waals surface area contributed by atoms with Crippen molar-refractivity contribution in [3.05, 3.63) is 126 Å². The number of benzene rings is 4. The van der Waals surface area contributed by atoms with Crippen LogP contribution in [0.4, 0.5) is 11.4 Å². The van der Waals surface area contributed by atoms with Gasteiger partial charge in [0.25, 0.3) is 11.8 Å². The number of aromatic nitrogens is 2. The summed E-state index contributed by atoms with van der Waals surface area (Å²) in [5.74, 6) is -1.58. The average Bonchev–Trinajstić information content (AvgIpc) is 3.95. The van der Waals surface area contributed by atoms with Crippen molar-refractivity contribution in [2.75, 3.05) is 22.9 Å². The molecule has 2 fully saturated rings. The van der Waals surface area contributed by atoms with E-state index in [0.29, 0.717) is 22.8 Å². The van der Waals surface area contributed by atoms with Crippen molar-refractivity contribution in [2.24, 2.45) is 0 Å². The van der Waals surface area contributed by atoms with Gasteiger partial charge in [0.1, 0.15) is 0 Å². The molecule has 5 aromatic rings. The number of aliphatic hydroxyl groups is 2. The summed E-state index contributed by atoms with van der Waals surface area (Å²) in [7, 11) is 0. The van der Waals surface area contributed by atoms with E-state index in [-0.39, 0.29) is 50.6 Å². The number of β-amino-alcohol motifs (C(OH)–C–C–N with tert-alkyl or cyclic N) is 2. The molecule has 4 amide bonds. The van der Waals surface area contributed by atoms with Crippen LogP contribution in [0, 0.1) is 0 Å². The van der Waals surface area contributed by atoms with Crippen molar-refractivity contribution in [1.29, 1.82) is 0 Å². The van der Waals surface area contributed by atoms with Gasteiger partial charge in [-0.05, 0) is 59.9 Å². The molecule has 4 aromatic carbocycles. The molecule has 12 nitrogen and oxygen atoms in total. The standard InChI is InChI=1S/C41H40N6O6/c48-32-21-36(42-24-32)40(52)46(38(50)19-26-7-3-1-4-8-26)30-15-11-28(12-16-30)34-23-35(45-44-34)29-13-17-31(18-14-29)47(41(53)37-22-33(49)25-43-37)39(51)20-27-9-5-2-6-10-27/h1-18,23,32-33,36-37,42-43,48-49H,19-22,24-25H2,(H,44,45)/t32-,33-,36+,37+/m1/s1. The normalized spacial score (nSPS) is 19.5. The monoisotopic (exact) mass is 712 g/mol. The maximum Gasteiger partial charge on any atom is 0.250 e. The van der Waals surface area contributed by atoms with E-state index in [1.54, 1.807) is 48.5 Å². The number of hydrogen-bond acceptors (Lipinski definition) is 9. The molecule has 0 radical (unpaired) electrons. The Labute approximate surface area is 306 Å². The Kier molecular flexibility index (Phi) is 10.6. The van der Waals surface area contributed by atoms with Gasteiger partial charge >= 0.3 is 0 Å². The number of carbonyl (C=O) groups is 4.